The molecule has 1 saturated heterocycles. The maximum Gasteiger partial charge on any atom is 0.251 e. The maximum atomic E-state index is 12.9. The number of carbonyl (C=O) groups excluding carboxylic acids is 1. The van der Waals surface area contributed by atoms with Gasteiger partial charge in [0.25, 0.3) is 5.91 Å². The van der Waals surface area contributed by atoms with Crippen molar-refractivity contribution in [2.45, 2.75) is 50.8 Å². The molecule has 0 spiro atoms. The highest BCUT2D eigenvalue weighted by molar-refractivity contribution is 7.88. The fourth-order valence-electron chi connectivity index (χ4n) is 4.75. The van der Waals surface area contributed by atoms with Crippen LogP contribution in [0, 0.1) is 0 Å². The summed E-state index contributed by atoms with van der Waals surface area (Å²) in [4.78, 5) is 15.0. The lowest BCUT2D eigenvalue weighted by Crippen LogP contribution is -2.47. The van der Waals surface area contributed by atoms with Gasteiger partial charge in [0.2, 0.25) is 10.0 Å². The fourth-order valence-corrected chi connectivity index (χ4v) is 6.27. The number of hydrogen-bond acceptors (Lipinski definition) is 4. The summed E-state index contributed by atoms with van der Waals surface area (Å²) in [5, 5.41) is 3.16. The minimum absolute atomic E-state index is 0.0364. The van der Waals surface area contributed by atoms with Crippen LogP contribution in [0.2, 0.25) is 0 Å². The van der Waals surface area contributed by atoms with E-state index in [1.54, 1.807) is 28.6 Å². The van der Waals surface area contributed by atoms with E-state index in [0.717, 1.165) is 37.9 Å². The number of carbonyl (C=O) groups is 1. The molecule has 178 valence electrons. The molecule has 4 rings (SSSR count). The molecule has 2 aromatic carbocycles. The highest BCUT2D eigenvalue weighted by Gasteiger charge is 2.26. The van der Waals surface area contributed by atoms with Gasteiger partial charge >= 0.3 is 0 Å². The van der Waals surface area contributed by atoms with Crippen LogP contribution in [0.5, 0.6) is 0 Å². The van der Waals surface area contributed by atoms with Crippen molar-refractivity contribution in [1.29, 1.82) is 0 Å². The number of amides is 1. The van der Waals surface area contributed by atoms with E-state index >= 15 is 0 Å². The van der Waals surface area contributed by atoms with Gasteiger partial charge in [-0.05, 0) is 73.5 Å². The second kappa shape index (κ2) is 10.4. The Morgan fingerprint density at radius 3 is 2.30 bits per heavy atom. The summed E-state index contributed by atoms with van der Waals surface area (Å²) in [6, 6.07) is 13.5. The molecular formula is C26H35N3O3S. The van der Waals surface area contributed by atoms with Crippen molar-refractivity contribution in [3.05, 3.63) is 70.3 Å². The zero-order valence-corrected chi connectivity index (χ0v) is 20.5. The van der Waals surface area contributed by atoms with E-state index < -0.39 is 10.0 Å². The average molecular weight is 470 g/mol. The third-order valence-electron chi connectivity index (χ3n) is 6.91. The zero-order valence-electron chi connectivity index (χ0n) is 19.7. The van der Waals surface area contributed by atoms with Crippen LogP contribution >= 0.6 is 0 Å². The average Bonchev–Trinajstić information content (AvgIpc) is 2.82. The maximum absolute atomic E-state index is 12.9. The third-order valence-corrected chi connectivity index (χ3v) is 8.76. The van der Waals surface area contributed by atoms with Gasteiger partial charge in [0, 0.05) is 31.7 Å². The van der Waals surface area contributed by atoms with Crippen LogP contribution in [0.25, 0.3) is 0 Å². The molecule has 0 unspecified atom stereocenters. The first-order valence-electron chi connectivity index (χ1n) is 12.0. The molecule has 0 aromatic heterocycles. The van der Waals surface area contributed by atoms with Crippen LogP contribution in [-0.4, -0.2) is 56.8 Å². The van der Waals surface area contributed by atoms with Gasteiger partial charge in [-0.3, -0.25) is 4.79 Å². The summed E-state index contributed by atoms with van der Waals surface area (Å²) in [7, 11) is -1.35. The standard InChI is InChI=1S/C26H35N3O3S/c1-3-25(24-13-12-21-6-4-5-7-23(21)18-24)27-26(30)22-10-8-20(9-11-22)19-33(31,32)29-16-14-28(2)15-17-29/h8-13,18,25H,3-7,14-17,19H2,1-2H3,(H,27,30)/t25-/m1/s1. The Kier molecular flexibility index (Phi) is 7.51. The van der Waals surface area contributed by atoms with Gasteiger partial charge in [-0.25, -0.2) is 8.42 Å². The lowest BCUT2D eigenvalue weighted by molar-refractivity contribution is 0.0935. The van der Waals surface area contributed by atoms with Crippen LogP contribution in [0.15, 0.2) is 42.5 Å². The number of nitrogens with one attached hydrogen (secondary N) is 1. The second-order valence-electron chi connectivity index (χ2n) is 9.33. The van der Waals surface area contributed by atoms with Crippen LogP contribution in [0.1, 0.15) is 64.8 Å². The number of sulfonamides is 1. The molecule has 7 heteroatoms. The molecule has 1 N–H and O–H groups in total. The van der Waals surface area contributed by atoms with E-state index in [1.807, 2.05) is 7.05 Å². The van der Waals surface area contributed by atoms with Crippen molar-refractivity contribution >= 4 is 15.9 Å². The van der Waals surface area contributed by atoms with Crippen molar-refractivity contribution in [3.63, 3.8) is 0 Å². The minimum Gasteiger partial charge on any atom is -0.345 e. The quantitative estimate of drug-likeness (QED) is 0.674. The van der Waals surface area contributed by atoms with Gasteiger partial charge in [-0.1, -0.05) is 37.3 Å². The van der Waals surface area contributed by atoms with E-state index in [9.17, 15) is 13.2 Å². The van der Waals surface area contributed by atoms with E-state index in [4.69, 9.17) is 0 Å². The third kappa shape index (κ3) is 5.83. The van der Waals surface area contributed by atoms with Gasteiger partial charge in [0.15, 0.2) is 0 Å². The number of hydrogen-bond donors (Lipinski definition) is 1. The number of rotatable bonds is 7. The van der Waals surface area contributed by atoms with Gasteiger partial charge in [0.05, 0.1) is 11.8 Å². The molecule has 1 aliphatic carbocycles. The van der Waals surface area contributed by atoms with Crippen molar-refractivity contribution in [2.24, 2.45) is 0 Å². The monoisotopic (exact) mass is 469 g/mol. The topological polar surface area (TPSA) is 69.7 Å². The summed E-state index contributed by atoms with van der Waals surface area (Å²) >= 11 is 0. The lowest BCUT2D eigenvalue weighted by atomic mass is 9.88. The van der Waals surface area contributed by atoms with E-state index in [0.29, 0.717) is 24.2 Å². The molecule has 1 atom stereocenters. The van der Waals surface area contributed by atoms with Gasteiger partial charge in [-0.15, -0.1) is 0 Å². The van der Waals surface area contributed by atoms with Crippen molar-refractivity contribution in [3.8, 4) is 0 Å². The molecule has 1 amide bonds. The molecule has 0 radical (unpaired) electrons. The summed E-state index contributed by atoms with van der Waals surface area (Å²) in [6.07, 6.45) is 5.57. The molecule has 1 fully saturated rings. The number of benzene rings is 2. The molecule has 0 bridgehead atoms. The fraction of sp³-hybridized carbons (Fsp3) is 0.500. The van der Waals surface area contributed by atoms with E-state index in [2.05, 4.69) is 35.3 Å². The predicted molar refractivity (Wildman–Crippen MR) is 132 cm³/mol. The molecule has 6 nitrogen and oxygen atoms in total. The summed E-state index contributed by atoms with van der Waals surface area (Å²) in [5.74, 6) is -0.168. The molecule has 0 saturated carbocycles. The Bertz CT molecular complexity index is 1070. The largest absolute Gasteiger partial charge is 0.345 e. The van der Waals surface area contributed by atoms with Gasteiger partial charge in [0.1, 0.15) is 0 Å². The van der Waals surface area contributed by atoms with Crippen LogP contribution in [0.3, 0.4) is 0 Å². The zero-order chi connectivity index (χ0) is 23.4. The molecule has 1 aliphatic heterocycles. The molecule has 2 aliphatic rings. The summed E-state index contributed by atoms with van der Waals surface area (Å²) < 4.78 is 27.1. The van der Waals surface area contributed by atoms with E-state index in [-0.39, 0.29) is 17.7 Å². The Hall–Kier alpha value is -2.22. The number of likely N-dealkylation sites (N-methyl/N-ethyl adjacent to an activating group) is 1. The van der Waals surface area contributed by atoms with Gasteiger partial charge < -0.3 is 10.2 Å². The van der Waals surface area contributed by atoms with Crippen molar-refractivity contribution < 1.29 is 13.2 Å². The van der Waals surface area contributed by atoms with Crippen LogP contribution in [0.4, 0.5) is 0 Å². The first kappa shape index (κ1) is 23.9. The number of nitrogens with zero attached hydrogens (tertiary/aromatic N) is 2. The summed E-state index contributed by atoms with van der Waals surface area (Å²) in [6.45, 7) is 4.64. The highest BCUT2D eigenvalue weighted by Crippen LogP contribution is 2.26. The molecular weight excluding hydrogens is 434 g/mol. The predicted octanol–water partition coefficient (Wildman–Crippen LogP) is 3.52. The van der Waals surface area contributed by atoms with Crippen molar-refractivity contribution in [2.75, 3.05) is 33.2 Å². The Labute approximate surface area is 198 Å². The molecule has 2 aromatic rings. The van der Waals surface area contributed by atoms with Crippen LogP contribution in [-0.2, 0) is 28.6 Å². The molecule has 1 heterocycles. The Morgan fingerprint density at radius 2 is 1.64 bits per heavy atom. The Balaban J connectivity index is 1.39. The number of piperazine rings is 1. The second-order valence-corrected chi connectivity index (χ2v) is 11.3. The van der Waals surface area contributed by atoms with E-state index in [1.165, 1.54) is 24.0 Å². The first-order chi connectivity index (χ1) is 15.9. The smallest absolute Gasteiger partial charge is 0.251 e. The first-order valence-corrected chi connectivity index (χ1v) is 13.6. The van der Waals surface area contributed by atoms with Crippen molar-refractivity contribution in [1.82, 2.24) is 14.5 Å². The molecule has 33 heavy (non-hydrogen) atoms. The Morgan fingerprint density at radius 1 is 0.970 bits per heavy atom. The van der Waals surface area contributed by atoms with Crippen LogP contribution < -0.4 is 5.32 Å². The number of fused-ring (bicyclic) bond motifs is 1. The normalized spacial score (nSPS) is 18.5. The summed E-state index contributed by atoms with van der Waals surface area (Å²) in [5.41, 5.74) is 5.26. The lowest BCUT2D eigenvalue weighted by Gasteiger charge is -2.31. The van der Waals surface area contributed by atoms with Gasteiger partial charge in [-0.2, -0.15) is 4.31 Å². The highest BCUT2D eigenvalue weighted by atomic mass is 32.2. The minimum atomic E-state index is -3.35. The SMILES string of the molecule is CC[C@@H](NC(=O)c1ccc(CS(=O)(=O)N2CCN(C)CC2)cc1)c1ccc2c(c1)CCCC2. The number of aryl methyl sites for hydroxylation is 2.